The highest BCUT2D eigenvalue weighted by atomic mass is 19.1. The number of nitrogens with two attached hydrogens (primary N) is 1. The molecular formula is C15H23FN2O. The van der Waals surface area contributed by atoms with Crippen molar-refractivity contribution in [1.29, 1.82) is 0 Å². The topological polar surface area (TPSA) is 55.1 Å². The van der Waals surface area contributed by atoms with Crippen molar-refractivity contribution in [2.45, 2.75) is 45.4 Å². The number of carbonyl (C=O) groups is 1. The Kier molecular flexibility index (Phi) is 6.93. The molecule has 1 aromatic rings. The van der Waals surface area contributed by atoms with Gasteiger partial charge in [-0.1, -0.05) is 39.0 Å². The molecule has 0 saturated heterocycles. The summed E-state index contributed by atoms with van der Waals surface area (Å²) < 4.78 is 13.4. The van der Waals surface area contributed by atoms with Crippen LogP contribution in [0, 0.1) is 5.82 Å². The first-order valence-electron chi connectivity index (χ1n) is 6.98. The Bertz CT molecular complexity index is 407. The Balaban J connectivity index is 2.26. The van der Waals surface area contributed by atoms with E-state index in [-0.39, 0.29) is 5.56 Å². The Labute approximate surface area is 114 Å². The van der Waals surface area contributed by atoms with Gasteiger partial charge in [-0.15, -0.1) is 0 Å². The molecule has 0 atom stereocenters. The van der Waals surface area contributed by atoms with Gasteiger partial charge in [0.25, 0.3) is 5.91 Å². The molecular weight excluding hydrogens is 243 g/mol. The van der Waals surface area contributed by atoms with Crippen molar-refractivity contribution in [3.05, 3.63) is 29.6 Å². The van der Waals surface area contributed by atoms with Crippen LogP contribution in [-0.2, 0) is 0 Å². The first-order valence-corrected chi connectivity index (χ1v) is 6.98. The molecule has 0 heterocycles. The molecule has 0 saturated carbocycles. The Hall–Kier alpha value is -1.58. The predicted octanol–water partition coefficient (Wildman–Crippen LogP) is 3.50. The maximum atomic E-state index is 13.4. The summed E-state index contributed by atoms with van der Waals surface area (Å²) in [6.45, 7) is 2.76. The average Bonchev–Trinajstić information content (AvgIpc) is 2.40. The van der Waals surface area contributed by atoms with Gasteiger partial charge in [-0.25, -0.2) is 4.39 Å². The standard InChI is InChI=1S/C15H23FN2O/c1-2-3-4-5-6-7-10-18-15(19)13-11-12(17)8-9-14(13)16/h8-9,11H,2-7,10,17H2,1H3,(H,18,19). The summed E-state index contributed by atoms with van der Waals surface area (Å²) in [6, 6.07) is 4.03. The molecule has 1 aromatic carbocycles. The minimum atomic E-state index is -0.533. The fourth-order valence-electron chi connectivity index (χ4n) is 1.92. The van der Waals surface area contributed by atoms with Gasteiger partial charge < -0.3 is 11.1 Å². The normalized spacial score (nSPS) is 10.4. The number of nitrogens with one attached hydrogen (secondary N) is 1. The molecule has 1 rings (SSSR count). The van der Waals surface area contributed by atoms with Crippen LogP contribution in [0.3, 0.4) is 0 Å². The molecule has 0 spiro atoms. The van der Waals surface area contributed by atoms with E-state index in [2.05, 4.69) is 12.2 Å². The lowest BCUT2D eigenvalue weighted by molar-refractivity contribution is 0.0949. The van der Waals surface area contributed by atoms with E-state index >= 15 is 0 Å². The Morgan fingerprint density at radius 2 is 1.89 bits per heavy atom. The Morgan fingerprint density at radius 3 is 2.63 bits per heavy atom. The number of hydrogen-bond acceptors (Lipinski definition) is 2. The van der Waals surface area contributed by atoms with Crippen LogP contribution in [0.1, 0.15) is 55.8 Å². The number of unbranched alkanes of at least 4 members (excludes halogenated alkanes) is 5. The number of carbonyl (C=O) groups excluding carboxylic acids is 1. The zero-order chi connectivity index (χ0) is 14.1. The van der Waals surface area contributed by atoms with E-state index in [1.165, 1.54) is 43.9 Å². The van der Waals surface area contributed by atoms with Crippen LogP contribution in [0.15, 0.2) is 18.2 Å². The van der Waals surface area contributed by atoms with Crippen molar-refractivity contribution < 1.29 is 9.18 Å². The molecule has 0 fully saturated rings. The third-order valence-electron chi connectivity index (χ3n) is 3.05. The zero-order valence-electron chi connectivity index (χ0n) is 11.5. The highest BCUT2D eigenvalue weighted by molar-refractivity contribution is 5.95. The summed E-state index contributed by atoms with van der Waals surface area (Å²) >= 11 is 0. The molecule has 0 unspecified atom stereocenters. The first-order chi connectivity index (χ1) is 9.15. The van der Waals surface area contributed by atoms with Gasteiger partial charge in [0.2, 0.25) is 0 Å². The molecule has 3 N–H and O–H groups in total. The molecule has 19 heavy (non-hydrogen) atoms. The van der Waals surface area contributed by atoms with Crippen LogP contribution in [0.5, 0.6) is 0 Å². The van der Waals surface area contributed by atoms with E-state index in [4.69, 9.17) is 5.73 Å². The molecule has 0 radical (unpaired) electrons. The van der Waals surface area contributed by atoms with Gasteiger partial charge in [0.05, 0.1) is 5.56 Å². The van der Waals surface area contributed by atoms with Crippen LogP contribution < -0.4 is 11.1 Å². The van der Waals surface area contributed by atoms with Crippen LogP contribution in [-0.4, -0.2) is 12.5 Å². The molecule has 3 nitrogen and oxygen atoms in total. The second-order valence-electron chi connectivity index (χ2n) is 4.76. The lowest BCUT2D eigenvalue weighted by Gasteiger charge is -2.07. The number of rotatable bonds is 8. The molecule has 0 aromatic heterocycles. The lowest BCUT2D eigenvalue weighted by atomic mass is 10.1. The minimum Gasteiger partial charge on any atom is -0.399 e. The molecule has 4 heteroatoms. The van der Waals surface area contributed by atoms with Crippen molar-refractivity contribution in [2.75, 3.05) is 12.3 Å². The summed E-state index contributed by atoms with van der Waals surface area (Å²) in [7, 11) is 0. The van der Waals surface area contributed by atoms with Gasteiger partial charge in [-0.3, -0.25) is 4.79 Å². The third-order valence-corrected chi connectivity index (χ3v) is 3.05. The highest BCUT2D eigenvalue weighted by Gasteiger charge is 2.10. The maximum absolute atomic E-state index is 13.4. The van der Waals surface area contributed by atoms with Crippen LogP contribution >= 0.6 is 0 Å². The van der Waals surface area contributed by atoms with Crippen molar-refractivity contribution in [3.8, 4) is 0 Å². The molecule has 0 aliphatic heterocycles. The molecule has 1 amide bonds. The summed E-state index contributed by atoms with van der Waals surface area (Å²) in [6.07, 6.45) is 6.95. The summed E-state index contributed by atoms with van der Waals surface area (Å²) in [5, 5.41) is 2.72. The van der Waals surface area contributed by atoms with Gasteiger partial charge >= 0.3 is 0 Å². The van der Waals surface area contributed by atoms with Crippen LogP contribution in [0.4, 0.5) is 10.1 Å². The van der Waals surface area contributed by atoms with E-state index in [0.29, 0.717) is 12.2 Å². The fraction of sp³-hybridized carbons (Fsp3) is 0.533. The number of halogens is 1. The molecule has 0 bridgehead atoms. The van der Waals surface area contributed by atoms with E-state index in [9.17, 15) is 9.18 Å². The van der Waals surface area contributed by atoms with Gasteiger partial charge in [0.15, 0.2) is 0 Å². The van der Waals surface area contributed by atoms with Crippen molar-refractivity contribution in [2.24, 2.45) is 0 Å². The number of nitrogen functional groups attached to an aromatic ring is 1. The van der Waals surface area contributed by atoms with Gasteiger partial charge in [0.1, 0.15) is 5.82 Å². The van der Waals surface area contributed by atoms with Gasteiger partial charge in [-0.2, -0.15) is 0 Å². The largest absolute Gasteiger partial charge is 0.399 e. The van der Waals surface area contributed by atoms with E-state index in [0.717, 1.165) is 12.8 Å². The average molecular weight is 266 g/mol. The summed E-state index contributed by atoms with van der Waals surface area (Å²) in [4.78, 5) is 11.7. The third kappa shape index (κ3) is 5.73. The number of amides is 1. The lowest BCUT2D eigenvalue weighted by Crippen LogP contribution is -2.25. The summed E-state index contributed by atoms with van der Waals surface area (Å²) in [5.41, 5.74) is 5.96. The van der Waals surface area contributed by atoms with Gasteiger partial charge in [0, 0.05) is 12.2 Å². The second kappa shape index (κ2) is 8.51. The van der Waals surface area contributed by atoms with Crippen LogP contribution in [0.25, 0.3) is 0 Å². The molecule has 106 valence electrons. The highest BCUT2D eigenvalue weighted by Crippen LogP contribution is 2.12. The second-order valence-corrected chi connectivity index (χ2v) is 4.76. The zero-order valence-corrected chi connectivity index (χ0v) is 11.5. The minimum absolute atomic E-state index is 0.0194. The molecule has 0 aliphatic rings. The van der Waals surface area contributed by atoms with Crippen LogP contribution in [0.2, 0.25) is 0 Å². The number of hydrogen-bond donors (Lipinski definition) is 2. The number of anilines is 1. The van der Waals surface area contributed by atoms with Crippen molar-refractivity contribution in [3.63, 3.8) is 0 Å². The van der Waals surface area contributed by atoms with Crippen molar-refractivity contribution >= 4 is 11.6 Å². The quantitative estimate of drug-likeness (QED) is 0.559. The maximum Gasteiger partial charge on any atom is 0.254 e. The first kappa shape index (κ1) is 15.5. The monoisotopic (exact) mass is 266 g/mol. The molecule has 0 aliphatic carbocycles. The van der Waals surface area contributed by atoms with E-state index in [1.54, 1.807) is 0 Å². The SMILES string of the molecule is CCCCCCCCNC(=O)c1cc(N)ccc1F. The number of benzene rings is 1. The van der Waals surface area contributed by atoms with E-state index in [1.807, 2.05) is 0 Å². The van der Waals surface area contributed by atoms with Crippen molar-refractivity contribution in [1.82, 2.24) is 5.32 Å². The van der Waals surface area contributed by atoms with Gasteiger partial charge in [-0.05, 0) is 24.6 Å². The predicted molar refractivity (Wildman–Crippen MR) is 76.5 cm³/mol. The van der Waals surface area contributed by atoms with E-state index < -0.39 is 11.7 Å². The smallest absolute Gasteiger partial charge is 0.254 e. The summed E-state index contributed by atoms with van der Waals surface area (Å²) in [5.74, 6) is -0.923. The Morgan fingerprint density at radius 1 is 1.21 bits per heavy atom. The fourth-order valence-corrected chi connectivity index (χ4v) is 1.92.